The highest BCUT2D eigenvalue weighted by molar-refractivity contribution is 7.11. The van der Waals surface area contributed by atoms with Gasteiger partial charge in [0.1, 0.15) is 10.9 Å². The van der Waals surface area contributed by atoms with Gasteiger partial charge in [-0.1, -0.05) is 13.8 Å². The highest BCUT2D eigenvalue weighted by Crippen LogP contribution is 2.55. The summed E-state index contributed by atoms with van der Waals surface area (Å²) in [6, 6.07) is -1.12. The van der Waals surface area contributed by atoms with E-state index in [0.717, 1.165) is 32.1 Å². The van der Waals surface area contributed by atoms with Crippen LogP contribution >= 0.6 is 11.3 Å². The molecule has 52 heavy (non-hydrogen) atoms. The van der Waals surface area contributed by atoms with Crippen LogP contribution in [-0.4, -0.2) is 127 Å². The van der Waals surface area contributed by atoms with E-state index in [1.807, 2.05) is 0 Å². The molecule has 1 aromatic rings. The Labute approximate surface area is 306 Å². The fourth-order valence-electron chi connectivity index (χ4n) is 9.10. The maximum atomic E-state index is 14.5. The third kappa shape index (κ3) is 7.72. The van der Waals surface area contributed by atoms with Crippen molar-refractivity contribution in [3.63, 3.8) is 0 Å². The molecule has 5 atom stereocenters. The van der Waals surface area contributed by atoms with E-state index in [2.05, 4.69) is 28.9 Å². The molecule has 1 N–H and O–H groups in total. The van der Waals surface area contributed by atoms with Gasteiger partial charge < -0.3 is 29.5 Å². The predicted molar refractivity (Wildman–Crippen MR) is 182 cm³/mol. The van der Waals surface area contributed by atoms with Crippen LogP contribution in [-0.2, 0) is 28.6 Å². The van der Waals surface area contributed by atoms with Gasteiger partial charge in [-0.15, -0.1) is 24.5 Å². The molecule has 5 aliphatic heterocycles. The molecule has 12 nitrogen and oxygen atoms in total. The first kappa shape index (κ1) is 37.5. The van der Waals surface area contributed by atoms with Crippen LogP contribution in [0.25, 0.3) is 0 Å². The molecule has 6 heterocycles. The molecule has 7 fully saturated rings. The number of amides is 4. The number of fused-ring (bicyclic) bond motifs is 3. The van der Waals surface area contributed by atoms with Crippen molar-refractivity contribution in [1.82, 2.24) is 25.0 Å². The summed E-state index contributed by atoms with van der Waals surface area (Å²) in [7, 11) is 0. The predicted octanol–water partition coefficient (Wildman–Crippen LogP) is 3.71. The average molecular weight is 754 g/mol. The lowest BCUT2D eigenvalue weighted by atomic mass is 9.70. The quantitative estimate of drug-likeness (QED) is 0.362. The molecule has 1 aromatic heterocycles. The maximum Gasteiger partial charge on any atom is 0.522 e. The van der Waals surface area contributed by atoms with E-state index in [-0.39, 0.29) is 54.3 Å². The van der Waals surface area contributed by atoms with Crippen LogP contribution < -0.4 is 5.32 Å². The Bertz CT molecular complexity index is 1500. The Morgan fingerprint density at radius 2 is 1.77 bits per heavy atom. The van der Waals surface area contributed by atoms with Crippen molar-refractivity contribution in [2.75, 3.05) is 59.1 Å². The number of thiazole rings is 1. The largest absolute Gasteiger partial charge is 0.522 e. The van der Waals surface area contributed by atoms with Crippen LogP contribution in [0.1, 0.15) is 75.4 Å². The fourth-order valence-corrected chi connectivity index (χ4v) is 9.69. The van der Waals surface area contributed by atoms with Crippen molar-refractivity contribution in [3.8, 4) is 0 Å². The second-order valence-electron chi connectivity index (χ2n) is 17.0. The first-order valence-electron chi connectivity index (χ1n) is 18.6. The second-order valence-corrected chi connectivity index (χ2v) is 17.9. The van der Waals surface area contributed by atoms with Gasteiger partial charge in [0.15, 0.2) is 0 Å². The minimum atomic E-state index is -4.77. The van der Waals surface area contributed by atoms with Crippen molar-refractivity contribution in [1.29, 1.82) is 0 Å². The molecule has 8 rings (SSSR count). The number of hydrogen-bond acceptors (Lipinski definition) is 9. The van der Waals surface area contributed by atoms with Crippen molar-refractivity contribution in [3.05, 3.63) is 16.6 Å². The van der Waals surface area contributed by atoms with Crippen LogP contribution in [0.2, 0.25) is 0 Å². The number of rotatable bonds is 11. The fraction of sp³-hybridized carbons (Fsp3) is 0.806. The molecule has 4 amide bonds. The minimum absolute atomic E-state index is 0.0564. The van der Waals surface area contributed by atoms with Gasteiger partial charge in [-0.2, -0.15) is 0 Å². The summed E-state index contributed by atoms with van der Waals surface area (Å²) in [6.45, 7) is 7.66. The Hall–Kier alpha value is -2.82. The number of nitrogens with zero attached hydrogens (tertiary/aromatic N) is 4. The Kier molecular flexibility index (Phi) is 10.2. The second kappa shape index (κ2) is 14.1. The van der Waals surface area contributed by atoms with Crippen LogP contribution in [0.5, 0.6) is 0 Å². The van der Waals surface area contributed by atoms with Crippen molar-refractivity contribution in [2.24, 2.45) is 34.0 Å². The molecule has 288 valence electrons. The van der Waals surface area contributed by atoms with Gasteiger partial charge in [0.2, 0.25) is 17.7 Å². The van der Waals surface area contributed by atoms with Crippen molar-refractivity contribution < 1.29 is 46.6 Å². The molecule has 0 aromatic carbocycles. The maximum absolute atomic E-state index is 14.5. The molecule has 5 saturated heterocycles. The lowest BCUT2D eigenvalue weighted by Gasteiger charge is -2.50. The van der Waals surface area contributed by atoms with Gasteiger partial charge in [0, 0.05) is 61.9 Å². The van der Waals surface area contributed by atoms with Crippen LogP contribution in [0, 0.1) is 34.0 Å². The number of carbonyl (C=O) groups excluding carboxylic acids is 4. The Balaban J connectivity index is 1.09. The first-order valence-corrected chi connectivity index (χ1v) is 19.4. The molecular formula is C36H50F3N5O7S. The van der Waals surface area contributed by atoms with Gasteiger partial charge in [-0.3, -0.25) is 28.9 Å². The van der Waals surface area contributed by atoms with E-state index in [0.29, 0.717) is 50.6 Å². The SMILES string of the molecule is C[C@@H](OCC12CCC(CC1)OC2)[C@H](NC(=O)[C@@H]1CN(C(=O)c2cncs2)CC12CN(C(=O)[C@H]1CC1(C)C)C2)C(=O)N1CCC[C@H](COC(F)(F)F)C1. The van der Waals surface area contributed by atoms with E-state index < -0.39 is 54.2 Å². The lowest BCUT2D eigenvalue weighted by molar-refractivity contribution is -0.329. The van der Waals surface area contributed by atoms with Gasteiger partial charge in [-0.25, -0.2) is 0 Å². The molecule has 16 heteroatoms. The summed E-state index contributed by atoms with van der Waals surface area (Å²) in [4.78, 5) is 65.1. The zero-order chi connectivity index (χ0) is 37.1. The summed E-state index contributed by atoms with van der Waals surface area (Å²) in [5.41, 5.74) is 0.655. The number of nitrogens with one attached hydrogen (secondary N) is 1. The standard InChI is InChI=1S/C36H50F3N5O7S/c1-22(49-19-34-8-6-24(7-9-34)50-20-34)28(32(48)42-10-4-5-23(13-42)15-51-36(37,38)39)41-29(45)26-14-43(31(47)27-12-40-21-52-27)16-35(26)17-44(18-35)30(46)25-11-33(25,2)3/h12,21-26,28H,4-11,13-20H2,1-3H3,(H,41,45)/t22-,23+,24?,25-,26+,28+,34?/m1/s1. The molecule has 0 radical (unpaired) electrons. The summed E-state index contributed by atoms with van der Waals surface area (Å²) >= 11 is 1.22. The van der Waals surface area contributed by atoms with Gasteiger partial charge >= 0.3 is 6.36 Å². The molecular weight excluding hydrogens is 703 g/mol. The minimum Gasteiger partial charge on any atom is -0.378 e. The third-order valence-electron chi connectivity index (χ3n) is 12.6. The topological polar surface area (TPSA) is 131 Å². The van der Waals surface area contributed by atoms with Gasteiger partial charge in [0.05, 0.1) is 49.7 Å². The van der Waals surface area contributed by atoms with E-state index >= 15 is 0 Å². The first-order chi connectivity index (χ1) is 24.6. The van der Waals surface area contributed by atoms with Crippen LogP contribution in [0.15, 0.2) is 11.7 Å². The van der Waals surface area contributed by atoms with Crippen LogP contribution in [0.3, 0.4) is 0 Å². The molecule has 2 bridgehead atoms. The number of likely N-dealkylation sites (tertiary alicyclic amines) is 3. The normalized spacial score (nSPS) is 31.6. The highest BCUT2D eigenvalue weighted by atomic mass is 32.1. The highest BCUT2D eigenvalue weighted by Gasteiger charge is 2.62. The van der Waals surface area contributed by atoms with Gasteiger partial charge in [0.25, 0.3) is 5.91 Å². The lowest BCUT2D eigenvalue weighted by Crippen LogP contribution is -2.66. The number of ether oxygens (including phenoxy) is 3. The summed E-state index contributed by atoms with van der Waals surface area (Å²) in [5.74, 6) is -2.30. The summed E-state index contributed by atoms with van der Waals surface area (Å²) < 4.78 is 55.1. The van der Waals surface area contributed by atoms with E-state index in [4.69, 9.17) is 9.47 Å². The Morgan fingerprint density at radius 1 is 1.06 bits per heavy atom. The number of alkyl halides is 3. The van der Waals surface area contributed by atoms with E-state index in [9.17, 15) is 32.3 Å². The van der Waals surface area contributed by atoms with Crippen molar-refractivity contribution in [2.45, 2.75) is 90.3 Å². The number of hydrogen-bond donors (Lipinski definition) is 1. The van der Waals surface area contributed by atoms with Crippen molar-refractivity contribution >= 4 is 35.0 Å². The molecule has 0 unspecified atom stereocenters. The molecule has 2 saturated carbocycles. The number of carbonyl (C=O) groups is 4. The molecule has 1 spiro atoms. The van der Waals surface area contributed by atoms with E-state index in [1.54, 1.807) is 22.2 Å². The van der Waals surface area contributed by atoms with E-state index in [1.165, 1.54) is 22.4 Å². The summed E-state index contributed by atoms with van der Waals surface area (Å²) in [5, 5.41) is 3.02. The third-order valence-corrected chi connectivity index (χ3v) is 13.4. The summed E-state index contributed by atoms with van der Waals surface area (Å²) in [6.07, 6.45) is 1.83. The van der Waals surface area contributed by atoms with Crippen LogP contribution in [0.4, 0.5) is 13.2 Å². The smallest absolute Gasteiger partial charge is 0.378 e. The number of aromatic nitrogens is 1. The van der Waals surface area contributed by atoms with Gasteiger partial charge in [-0.05, 0) is 57.3 Å². The Morgan fingerprint density at radius 3 is 2.38 bits per heavy atom. The number of piperidine rings is 1. The average Bonchev–Trinajstić information content (AvgIpc) is 3.46. The zero-order valence-electron chi connectivity index (χ0n) is 30.1. The molecule has 2 aliphatic carbocycles. The number of halogens is 3. The molecule has 7 aliphatic rings. The monoisotopic (exact) mass is 753 g/mol. The zero-order valence-corrected chi connectivity index (χ0v) is 30.9.